The molecule has 3 N–H and O–H groups in total. The molecular formula is C13H15IN2O5. The number of morpholine rings is 1. The summed E-state index contributed by atoms with van der Waals surface area (Å²) in [5, 5.41) is 21.0. The molecule has 0 saturated carbocycles. The van der Waals surface area contributed by atoms with Crippen LogP contribution in [-0.2, 0) is 4.74 Å². The molecule has 21 heavy (non-hydrogen) atoms. The Morgan fingerprint density at radius 3 is 2.90 bits per heavy atom. The molecule has 1 saturated heterocycles. The quantitative estimate of drug-likeness (QED) is 0.656. The number of nitrogens with one attached hydrogen (secondary N) is 1. The summed E-state index contributed by atoms with van der Waals surface area (Å²) in [6.45, 7) is 0.806. The van der Waals surface area contributed by atoms with Gasteiger partial charge in [-0.3, -0.25) is 0 Å². The summed E-state index contributed by atoms with van der Waals surface area (Å²) >= 11 is 2.01. The van der Waals surface area contributed by atoms with E-state index in [9.17, 15) is 19.8 Å². The van der Waals surface area contributed by atoms with Gasteiger partial charge in [-0.1, -0.05) is 0 Å². The van der Waals surface area contributed by atoms with Crippen LogP contribution < -0.4 is 5.32 Å². The molecule has 1 heterocycles. The van der Waals surface area contributed by atoms with E-state index in [-0.39, 0.29) is 24.5 Å². The van der Waals surface area contributed by atoms with E-state index in [0.29, 0.717) is 13.2 Å². The Morgan fingerprint density at radius 2 is 2.24 bits per heavy atom. The molecule has 8 heteroatoms. The standard InChI is InChI=1S/C13H15IN2O5/c14-8-1-2-11(10(5-8)12(18)19)15-13(20)16-3-4-21-7-9(16)6-17/h1-2,5,9,17H,3-4,6-7H2,(H,15,20)(H,18,19). The van der Waals surface area contributed by atoms with Gasteiger partial charge in [0.15, 0.2) is 0 Å². The first-order valence-electron chi connectivity index (χ1n) is 6.32. The van der Waals surface area contributed by atoms with Crippen LogP contribution in [0.2, 0.25) is 0 Å². The third-order valence-electron chi connectivity index (χ3n) is 3.15. The van der Waals surface area contributed by atoms with Crippen molar-refractivity contribution < 1.29 is 24.5 Å². The number of aliphatic hydroxyl groups excluding tert-OH is 1. The lowest BCUT2D eigenvalue weighted by Crippen LogP contribution is -2.52. The highest BCUT2D eigenvalue weighted by molar-refractivity contribution is 14.1. The van der Waals surface area contributed by atoms with Gasteiger partial charge in [-0.25, -0.2) is 9.59 Å². The van der Waals surface area contributed by atoms with Crippen molar-refractivity contribution in [1.82, 2.24) is 4.90 Å². The number of urea groups is 1. The molecule has 2 rings (SSSR count). The van der Waals surface area contributed by atoms with Crippen molar-refractivity contribution in [3.8, 4) is 0 Å². The summed E-state index contributed by atoms with van der Waals surface area (Å²) in [7, 11) is 0. The molecule has 1 fully saturated rings. The summed E-state index contributed by atoms with van der Waals surface area (Å²) in [5.41, 5.74) is 0.264. The molecule has 1 aromatic rings. The van der Waals surface area contributed by atoms with E-state index in [0.717, 1.165) is 3.57 Å². The van der Waals surface area contributed by atoms with E-state index >= 15 is 0 Å². The zero-order valence-corrected chi connectivity index (χ0v) is 13.2. The number of anilines is 1. The number of benzene rings is 1. The fraction of sp³-hybridized carbons (Fsp3) is 0.385. The van der Waals surface area contributed by atoms with Gasteiger partial charge in [0.05, 0.1) is 37.1 Å². The highest BCUT2D eigenvalue weighted by atomic mass is 127. The molecule has 0 aliphatic carbocycles. The second-order valence-electron chi connectivity index (χ2n) is 4.53. The number of aromatic carboxylic acids is 1. The minimum absolute atomic E-state index is 0.0315. The maximum absolute atomic E-state index is 12.2. The molecule has 0 aromatic heterocycles. The Bertz CT molecular complexity index is 551. The molecule has 1 unspecified atom stereocenters. The van der Waals surface area contributed by atoms with Gasteiger partial charge >= 0.3 is 12.0 Å². The first-order valence-corrected chi connectivity index (χ1v) is 7.40. The Kier molecular flexibility index (Phi) is 5.37. The lowest BCUT2D eigenvalue weighted by Gasteiger charge is -2.34. The Hall–Kier alpha value is -1.39. The first kappa shape index (κ1) is 16.0. The van der Waals surface area contributed by atoms with Gasteiger partial charge in [-0.05, 0) is 40.8 Å². The zero-order valence-electron chi connectivity index (χ0n) is 11.1. The van der Waals surface area contributed by atoms with Crippen LogP contribution in [0, 0.1) is 3.57 Å². The topological polar surface area (TPSA) is 99.1 Å². The third-order valence-corrected chi connectivity index (χ3v) is 3.82. The van der Waals surface area contributed by atoms with Gasteiger partial charge in [0.2, 0.25) is 0 Å². The molecule has 0 bridgehead atoms. The zero-order chi connectivity index (χ0) is 15.4. The van der Waals surface area contributed by atoms with Crippen LogP contribution in [0.1, 0.15) is 10.4 Å². The number of carboxylic acid groups (broad SMARTS) is 1. The highest BCUT2D eigenvalue weighted by Crippen LogP contribution is 2.20. The molecule has 2 amide bonds. The van der Waals surface area contributed by atoms with Crippen LogP contribution in [0.4, 0.5) is 10.5 Å². The number of aliphatic hydroxyl groups is 1. The number of amides is 2. The smallest absolute Gasteiger partial charge is 0.337 e. The molecule has 0 spiro atoms. The van der Waals surface area contributed by atoms with E-state index in [1.165, 1.54) is 11.0 Å². The molecule has 114 valence electrons. The average molecular weight is 406 g/mol. The van der Waals surface area contributed by atoms with Gasteiger partial charge in [-0.15, -0.1) is 0 Å². The fourth-order valence-corrected chi connectivity index (χ4v) is 2.55. The minimum Gasteiger partial charge on any atom is -0.478 e. The minimum atomic E-state index is -1.11. The van der Waals surface area contributed by atoms with Gasteiger partial charge in [0.1, 0.15) is 0 Å². The summed E-state index contributed by atoms with van der Waals surface area (Å²) in [6, 6.07) is 3.89. The fourth-order valence-electron chi connectivity index (χ4n) is 2.06. The van der Waals surface area contributed by atoms with Crippen molar-refractivity contribution in [2.45, 2.75) is 6.04 Å². The Morgan fingerprint density at radius 1 is 1.48 bits per heavy atom. The van der Waals surface area contributed by atoms with Crippen LogP contribution in [0.5, 0.6) is 0 Å². The number of carbonyl (C=O) groups excluding carboxylic acids is 1. The normalized spacial score (nSPS) is 18.4. The molecule has 1 aliphatic rings. The van der Waals surface area contributed by atoms with Gasteiger partial charge in [0.25, 0.3) is 0 Å². The van der Waals surface area contributed by atoms with E-state index in [1.807, 2.05) is 22.6 Å². The van der Waals surface area contributed by atoms with Crippen LogP contribution >= 0.6 is 22.6 Å². The van der Waals surface area contributed by atoms with Crippen LogP contribution in [0.15, 0.2) is 18.2 Å². The highest BCUT2D eigenvalue weighted by Gasteiger charge is 2.27. The van der Waals surface area contributed by atoms with Gasteiger partial charge in [0, 0.05) is 10.1 Å². The van der Waals surface area contributed by atoms with Crippen LogP contribution in [-0.4, -0.2) is 59.5 Å². The summed E-state index contributed by atoms with van der Waals surface area (Å²) in [6.07, 6.45) is 0. The Balaban J connectivity index is 2.17. The molecule has 1 aliphatic heterocycles. The first-order chi connectivity index (χ1) is 10.0. The Labute approximate surface area is 135 Å². The molecule has 1 aromatic carbocycles. The second-order valence-corrected chi connectivity index (χ2v) is 5.78. The lowest BCUT2D eigenvalue weighted by molar-refractivity contribution is -0.00485. The number of carbonyl (C=O) groups is 2. The molecule has 0 radical (unpaired) electrons. The van der Waals surface area contributed by atoms with Crippen LogP contribution in [0.3, 0.4) is 0 Å². The monoisotopic (exact) mass is 406 g/mol. The van der Waals surface area contributed by atoms with Crippen LogP contribution in [0.25, 0.3) is 0 Å². The van der Waals surface area contributed by atoms with Gasteiger partial charge < -0.3 is 25.2 Å². The van der Waals surface area contributed by atoms with E-state index in [1.54, 1.807) is 12.1 Å². The second kappa shape index (κ2) is 7.05. The predicted octanol–water partition coefficient (Wildman–Crippen LogP) is 1.21. The number of nitrogens with zero attached hydrogens (tertiary/aromatic N) is 1. The average Bonchev–Trinajstić information content (AvgIpc) is 2.48. The molecular weight excluding hydrogens is 391 g/mol. The summed E-state index contributed by atoms with van der Waals surface area (Å²) < 4.78 is 5.97. The van der Waals surface area contributed by atoms with E-state index in [4.69, 9.17) is 4.74 Å². The number of ether oxygens (including phenoxy) is 1. The molecule has 1 atom stereocenters. The maximum Gasteiger partial charge on any atom is 0.337 e. The number of hydrogen-bond acceptors (Lipinski definition) is 4. The largest absolute Gasteiger partial charge is 0.478 e. The van der Waals surface area contributed by atoms with E-state index < -0.39 is 18.0 Å². The number of halogens is 1. The summed E-state index contributed by atoms with van der Waals surface area (Å²) in [5.74, 6) is -1.11. The third kappa shape index (κ3) is 3.83. The number of rotatable bonds is 3. The predicted molar refractivity (Wildman–Crippen MR) is 83.5 cm³/mol. The molecule has 7 nitrogen and oxygen atoms in total. The van der Waals surface area contributed by atoms with Crippen molar-refractivity contribution in [2.24, 2.45) is 0 Å². The SMILES string of the molecule is O=C(O)c1cc(I)ccc1NC(=O)N1CCOCC1CO. The summed E-state index contributed by atoms with van der Waals surface area (Å²) in [4.78, 5) is 24.9. The van der Waals surface area contributed by atoms with Crippen molar-refractivity contribution in [3.05, 3.63) is 27.3 Å². The van der Waals surface area contributed by atoms with Crippen molar-refractivity contribution in [1.29, 1.82) is 0 Å². The van der Waals surface area contributed by atoms with Crippen molar-refractivity contribution in [2.75, 3.05) is 31.7 Å². The van der Waals surface area contributed by atoms with Crippen molar-refractivity contribution in [3.63, 3.8) is 0 Å². The van der Waals surface area contributed by atoms with E-state index in [2.05, 4.69) is 5.32 Å². The number of hydrogen-bond donors (Lipinski definition) is 3. The van der Waals surface area contributed by atoms with Gasteiger partial charge in [-0.2, -0.15) is 0 Å². The van der Waals surface area contributed by atoms with Crippen molar-refractivity contribution >= 4 is 40.3 Å². The maximum atomic E-state index is 12.2. The number of carboxylic acids is 1. The lowest BCUT2D eigenvalue weighted by atomic mass is 10.2.